The van der Waals surface area contributed by atoms with Crippen LogP contribution in [0.2, 0.25) is 10.0 Å². The Balaban J connectivity index is 1.68. The molecule has 3 atom stereocenters. The Bertz CT molecular complexity index is 997. The fraction of sp³-hybridized carbons (Fsp3) is 0.350. The highest BCUT2D eigenvalue weighted by atomic mass is 35.5. The number of alkyl halides is 1. The molecule has 2 N–H and O–H groups in total. The van der Waals surface area contributed by atoms with Gasteiger partial charge in [0.05, 0.1) is 5.02 Å². The lowest BCUT2D eigenvalue weighted by Gasteiger charge is -2.32. The Morgan fingerprint density at radius 3 is 2.89 bits per heavy atom. The Labute approximate surface area is 171 Å². The zero-order valence-electron chi connectivity index (χ0n) is 15.1. The van der Waals surface area contributed by atoms with Gasteiger partial charge in [-0.15, -0.1) is 0 Å². The number of carbonyl (C=O) groups is 1. The number of halogens is 3. The zero-order chi connectivity index (χ0) is 20.1. The van der Waals surface area contributed by atoms with Gasteiger partial charge >= 0.3 is 0 Å². The van der Waals surface area contributed by atoms with Crippen molar-refractivity contribution in [3.05, 3.63) is 62.9 Å². The van der Waals surface area contributed by atoms with Crippen molar-refractivity contribution in [1.82, 2.24) is 4.98 Å². The van der Waals surface area contributed by atoms with E-state index in [1.54, 1.807) is 31.2 Å². The van der Waals surface area contributed by atoms with Crippen LogP contribution >= 0.6 is 23.2 Å². The van der Waals surface area contributed by atoms with Gasteiger partial charge in [0.25, 0.3) is 6.02 Å². The normalized spacial score (nSPS) is 25.5. The summed E-state index contributed by atoms with van der Waals surface area (Å²) >= 11 is 12.3. The number of nitrogens with zero attached hydrogens (tertiary/aromatic N) is 2. The first-order valence-electron chi connectivity index (χ1n) is 8.86. The van der Waals surface area contributed by atoms with Crippen LogP contribution in [0.5, 0.6) is 0 Å². The summed E-state index contributed by atoms with van der Waals surface area (Å²) in [5.41, 5.74) is 6.88. The Hall–Kier alpha value is -2.18. The number of fused-ring (bicyclic) bond motifs is 1. The van der Waals surface area contributed by atoms with Crippen molar-refractivity contribution in [2.45, 2.75) is 31.4 Å². The monoisotopic (exact) mass is 421 g/mol. The third-order valence-corrected chi connectivity index (χ3v) is 5.84. The van der Waals surface area contributed by atoms with Gasteiger partial charge in [0, 0.05) is 29.1 Å². The molecule has 0 unspecified atom stereocenters. The minimum absolute atomic E-state index is 0.0325. The van der Waals surface area contributed by atoms with E-state index in [0.29, 0.717) is 38.9 Å². The number of aliphatic imine (C=N–C) groups is 1. The number of pyridine rings is 1. The van der Waals surface area contributed by atoms with Gasteiger partial charge in [-0.3, -0.25) is 9.78 Å². The van der Waals surface area contributed by atoms with Crippen molar-refractivity contribution < 1.29 is 13.9 Å². The lowest BCUT2D eigenvalue weighted by Crippen LogP contribution is -2.39. The summed E-state index contributed by atoms with van der Waals surface area (Å²) in [5, 5.41) is 0.861. The van der Waals surface area contributed by atoms with Crippen LogP contribution in [0.15, 0.2) is 35.5 Å². The third-order valence-electron chi connectivity index (χ3n) is 5.30. The predicted molar refractivity (Wildman–Crippen MR) is 106 cm³/mol. The number of nitrogens with two attached hydrogens (primary N) is 1. The molecule has 0 radical (unpaired) electrons. The maximum absolute atomic E-state index is 14.2. The molecule has 1 aliphatic heterocycles. The molecule has 0 amide bonds. The number of amidine groups is 1. The van der Waals surface area contributed by atoms with Gasteiger partial charge in [-0.05, 0) is 36.6 Å². The number of hydrogen-bond acceptors (Lipinski definition) is 5. The first-order chi connectivity index (χ1) is 13.3. The number of aromatic nitrogens is 1. The molecular weight excluding hydrogens is 404 g/mol. The Morgan fingerprint density at radius 1 is 1.39 bits per heavy atom. The van der Waals surface area contributed by atoms with Crippen LogP contribution in [0.1, 0.15) is 33.6 Å². The third kappa shape index (κ3) is 3.25. The average Bonchev–Trinajstić information content (AvgIpc) is 3.42. The molecule has 1 fully saturated rings. The van der Waals surface area contributed by atoms with Gasteiger partial charge in [0.1, 0.15) is 24.0 Å². The molecule has 5 nitrogen and oxygen atoms in total. The van der Waals surface area contributed by atoms with Gasteiger partial charge in [0.15, 0.2) is 5.78 Å². The number of hydrogen-bond donors (Lipinski definition) is 1. The Kier molecular flexibility index (Phi) is 4.79. The number of aryl methyl sites for hydroxylation is 1. The van der Waals surface area contributed by atoms with Crippen LogP contribution in [0, 0.1) is 12.8 Å². The second kappa shape index (κ2) is 7.01. The standard InChI is InChI=1S/C20H18Cl2FN3O2/c1-10-4-12(21)8-25-18(10)16(27)6-11-2-3-15(22)13(5-11)20(9-23)14-7-17(14)28-19(24)26-20/h2-5,8,14,17H,6-7,9H2,1H3,(H2,24,26)/t14-,17+,20+/m0/s1. The van der Waals surface area contributed by atoms with Crippen LogP contribution in [-0.4, -0.2) is 29.6 Å². The number of rotatable bonds is 5. The summed E-state index contributed by atoms with van der Waals surface area (Å²) in [4.78, 5) is 21.1. The van der Waals surface area contributed by atoms with Crippen molar-refractivity contribution in [2.75, 3.05) is 6.67 Å². The summed E-state index contributed by atoms with van der Waals surface area (Å²) in [5.74, 6) is -0.274. The number of carbonyl (C=O) groups excluding carboxylic acids is 1. The highest BCUT2D eigenvalue weighted by Crippen LogP contribution is 2.54. The molecule has 1 saturated carbocycles. The van der Waals surface area contributed by atoms with Gasteiger partial charge < -0.3 is 10.5 Å². The van der Waals surface area contributed by atoms with E-state index < -0.39 is 12.2 Å². The zero-order valence-corrected chi connectivity index (χ0v) is 16.6. The molecule has 1 aromatic carbocycles. The molecule has 0 spiro atoms. The average molecular weight is 422 g/mol. The van der Waals surface area contributed by atoms with Crippen LogP contribution in [0.4, 0.5) is 4.39 Å². The van der Waals surface area contributed by atoms with E-state index >= 15 is 0 Å². The van der Waals surface area contributed by atoms with E-state index in [-0.39, 0.29) is 30.2 Å². The summed E-state index contributed by atoms with van der Waals surface area (Å²) in [7, 11) is 0. The quantitative estimate of drug-likeness (QED) is 0.739. The highest BCUT2D eigenvalue weighted by molar-refractivity contribution is 6.31. The minimum atomic E-state index is -1.17. The molecule has 146 valence electrons. The van der Waals surface area contributed by atoms with Crippen molar-refractivity contribution in [1.29, 1.82) is 0 Å². The number of Topliss-reactive ketones (excluding diaryl/α,β-unsaturated/α-hetero) is 1. The summed E-state index contributed by atoms with van der Waals surface area (Å²) in [6.07, 6.45) is 2.07. The van der Waals surface area contributed by atoms with Gasteiger partial charge in [-0.2, -0.15) is 0 Å². The van der Waals surface area contributed by atoms with Gasteiger partial charge in [-0.25, -0.2) is 9.38 Å². The summed E-state index contributed by atoms with van der Waals surface area (Å²) in [6, 6.07) is 6.81. The predicted octanol–water partition coefficient (Wildman–Crippen LogP) is 4.02. The lowest BCUT2D eigenvalue weighted by molar-refractivity contribution is 0.0987. The fourth-order valence-electron chi connectivity index (χ4n) is 3.84. The van der Waals surface area contributed by atoms with E-state index in [1.807, 2.05) is 0 Å². The molecule has 8 heteroatoms. The number of ether oxygens (including phenoxy) is 1. The van der Waals surface area contributed by atoms with E-state index in [9.17, 15) is 9.18 Å². The van der Waals surface area contributed by atoms with E-state index in [4.69, 9.17) is 33.7 Å². The van der Waals surface area contributed by atoms with Crippen LogP contribution in [-0.2, 0) is 16.7 Å². The topological polar surface area (TPSA) is 77.6 Å². The second-order valence-corrected chi connectivity index (χ2v) is 8.08. The van der Waals surface area contributed by atoms with Crippen molar-refractivity contribution in [3.63, 3.8) is 0 Å². The summed E-state index contributed by atoms with van der Waals surface area (Å²) < 4.78 is 19.6. The van der Waals surface area contributed by atoms with Gasteiger partial charge in [-0.1, -0.05) is 35.3 Å². The van der Waals surface area contributed by atoms with Crippen LogP contribution in [0.25, 0.3) is 0 Å². The molecule has 28 heavy (non-hydrogen) atoms. The van der Waals surface area contributed by atoms with E-state index in [1.165, 1.54) is 6.20 Å². The molecule has 2 aromatic rings. The molecule has 2 heterocycles. The van der Waals surface area contributed by atoms with E-state index in [0.717, 1.165) is 0 Å². The van der Waals surface area contributed by atoms with Crippen LogP contribution < -0.4 is 5.73 Å². The molecule has 0 bridgehead atoms. The first-order valence-corrected chi connectivity index (χ1v) is 9.62. The smallest absolute Gasteiger partial charge is 0.283 e. The van der Waals surface area contributed by atoms with Crippen molar-refractivity contribution in [3.8, 4) is 0 Å². The van der Waals surface area contributed by atoms with Crippen molar-refractivity contribution in [2.24, 2.45) is 16.6 Å². The molecule has 1 aliphatic carbocycles. The minimum Gasteiger partial charge on any atom is -0.462 e. The lowest BCUT2D eigenvalue weighted by atomic mass is 9.84. The molecular formula is C20H18Cl2FN3O2. The number of benzene rings is 1. The molecule has 1 aromatic heterocycles. The maximum atomic E-state index is 14.2. The van der Waals surface area contributed by atoms with Crippen LogP contribution in [0.3, 0.4) is 0 Å². The second-order valence-electron chi connectivity index (χ2n) is 7.24. The summed E-state index contributed by atoms with van der Waals surface area (Å²) in [6.45, 7) is 1.04. The van der Waals surface area contributed by atoms with E-state index in [2.05, 4.69) is 9.98 Å². The molecule has 2 aliphatic rings. The fourth-order valence-corrected chi connectivity index (χ4v) is 4.34. The molecule has 4 rings (SSSR count). The SMILES string of the molecule is Cc1cc(Cl)cnc1C(=O)Cc1ccc(Cl)c([C@@]2(CF)N=C(N)O[C@@H]3C[C@@H]32)c1. The first kappa shape index (κ1) is 19.2. The van der Waals surface area contributed by atoms with Crippen molar-refractivity contribution >= 4 is 35.0 Å². The highest BCUT2D eigenvalue weighted by Gasteiger charge is 2.59. The maximum Gasteiger partial charge on any atom is 0.283 e. The largest absolute Gasteiger partial charge is 0.462 e. The molecule has 0 saturated heterocycles. The number of ketones is 1. The Morgan fingerprint density at radius 2 is 2.18 bits per heavy atom. The van der Waals surface area contributed by atoms with Gasteiger partial charge in [0.2, 0.25) is 0 Å².